The van der Waals surface area contributed by atoms with Gasteiger partial charge in [-0.2, -0.15) is 0 Å². The highest BCUT2D eigenvalue weighted by molar-refractivity contribution is 7.14. The summed E-state index contributed by atoms with van der Waals surface area (Å²) < 4.78 is 5.65. The van der Waals surface area contributed by atoms with E-state index >= 15 is 0 Å². The van der Waals surface area contributed by atoms with Crippen molar-refractivity contribution in [2.24, 2.45) is 5.92 Å². The fraction of sp³-hybridized carbons (Fsp3) is 0.444. The number of carbonyl (C=O) groups is 1. The van der Waals surface area contributed by atoms with Gasteiger partial charge in [-0.1, -0.05) is 12.1 Å². The second-order valence-corrected chi connectivity index (χ2v) is 6.77. The molecule has 1 aliphatic rings. The van der Waals surface area contributed by atoms with E-state index in [1.165, 1.54) is 11.3 Å². The highest BCUT2D eigenvalue weighted by Gasteiger charge is 2.18. The second-order valence-electron chi connectivity index (χ2n) is 5.91. The zero-order valence-electron chi connectivity index (χ0n) is 13.9. The van der Waals surface area contributed by atoms with Crippen molar-refractivity contribution in [3.63, 3.8) is 0 Å². The predicted octanol–water partition coefficient (Wildman–Crippen LogP) is 3.54. The number of amides is 1. The molecule has 5 nitrogen and oxygen atoms in total. The van der Waals surface area contributed by atoms with E-state index < -0.39 is 0 Å². The second kappa shape index (κ2) is 8.26. The average Bonchev–Trinajstić information content (AvgIpc) is 3.04. The molecule has 2 N–H and O–H groups in total. The Morgan fingerprint density at radius 1 is 1.38 bits per heavy atom. The minimum atomic E-state index is 0.0564. The van der Waals surface area contributed by atoms with Crippen molar-refractivity contribution in [2.45, 2.75) is 26.2 Å². The van der Waals surface area contributed by atoms with Gasteiger partial charge in [0.25, 0.3) is 0 Å². The van der Waals surface area contributed by atoms with E-state index in [9.17, 15) is 4.79 Å². The molecule has 0 aliphatic carbocycles. The van der Waals surface area contributed by atoms with Crippen molar-refractivity contribution < 1.29 is 9.53 Å². The van der Waals surface area contributed by atoms with Crippen LogP contribution < -0.4 is 15.4 Å². The molecule has 6 heteroatoms. The van der Waals surface area contributed by atoms with Crippen LogP contribution in [-0.4, -0.2) is 30.6 Å². The summed E-state index contributed by atoms with van der Waals surface area (Å²) in [5.41, 5.74) is 1.79. The van der Waals surface area contributed by atoms with E-state index in [2.05, 4.69) is 15.6 Å². The first-order valence-corrected chi connectivity index (χ1v) is 9.32. The SMILES string of the molecule is CCOc1ccccc1-c1csc(NC(=O)CC2CCNCC2)n1. The third-order valence-corrected chi connectivity index (χ3v) is 4.90. The van der Waals surface area contributed by atoms with Gasteiger partial charge in [-0.25, -0.2) is 4.98 Å². The van der Waals surface area contributed by atoms with E-state index in [0.29, 0.717) is 24.1 Å². The fourth-order valence-corrected chi connectivity index (χ4v) is 3.66. The van der Waals surface area contributed by atoms with Crippen molar-refractivity contribution >= 4 is 22.4 Å². The minimum Gasteiger partial charge on any atom is -0.493 e. The summed E-state index contributed by atoms with van der Waals surface area (Å²) in [4.78, 5) is 16.8. The van der Waals surface area contributed by atoms with Gasteiger partial charge in [0.1, 0.15) is 5.75 Å². The molecule has 0 bridgehead atoms. The molecular weight excluding hydrogens is 322 g/mol. The van der Waals surface area contributed by atoms with Crippen LogP contribution in [0, 0.1) is 5.92 Å². The lowest BCUT2D eigenvalue weighted by Gasteiger charge is -2.21. The minimum absolute atomic E-state index is 0.0564. The van der Waals surface area contributed by atoms with Crippen LogP contribution in [0.3, 0.4) is 0 Å². The number of nitrogens with one attached hydrogen (secondary N) is 2. The number of thiazole rings is 1. The molecular formula is C18H23N3O2S. The number of rotatable bonds is 6. The quantitative estimate of drug-likeness (QED) is 0.840. The maximum atomic E-state index is 12.2. The third-order valence-electron chi connectivity index (χ3n) is 4.15. The average molecular weight is 345 g/mol. The number of benzene rings is 1. The Balaban J connectivity index is 1.64. The summed E-state index contributed by atoms with van der Waals surface area (Å²) in [6.07, 6.45) is 2.71. The van der Waals surface area contributed by atoms with E-state index in [4.69, 9.17) is 4.74 Å². The normalized spacial score (nSPS) is 15.2. The van der Waals surface area contributed by atoms with Gasteiger partial charge in [0.05, 0.1) is 12.3 Å². The zero-order chi connectivity index (χ0) is 16.8. The first-order chi connectivity index (χ1) is 11.8. The van der Waals surface area contributed by atoms with Crippen molar-refractivity contribution in [3.8, 4) is 17.0 Å². The molecule has 1 saturated heterocycles. The van der Waals surface area contributed by atoms with Crippen LogP contribution in [-0.2, 0) is 4.79 Å². The molecule has 0 unspecified atom stereocenters. The van der Waals surface area contributed by atoms with Crippen LogP contribution in [0.4, 0.5) is 5.13 Å². The summed E-state index contributed by atoms with van der Waals surface area (Å²) in [6, 6.07) is 7.84. The van der Waals surface area contributed by atoms with E-state index in [1.807, 2.05) is 36.6 Å². The molecule has 0 saturated carbocycles. The number of carbonyl (C=O) groups excluding carboxylic acids is 1. The number of para-hydroxylation sites is 1. The van der Waals surface area contributed by atoms with Gasteiger partial charge in [-0.15, -0.1) is 11.3 Å². The molecule has 1 fully saturated rings. The van der Waals surface area contributed by atoms with Crippen LogP contribution in [0.25, 0.3) is 11.3 Å². The summed E-state index contributed by atoms with van der Waals surface area (Å²) in [6.45, 7) is 4.59. The summed E-state index contributed by atoms with van der Waals surface area (Å²) >= 11 is 1.45. The number of nitrogens with zero attached hydrogens (tertiary/aromatic N) is 1. The Morgan fingerprint density at radius 3 is 2.96 bits per heavy atom. The molecule has 3 rings (SSSR count). The first-order valence-electron chi connectivity index (χ1n) is 8.44. The number of ether oxygens (including phenoxy) is 1. The standard InChI is InChI=1S/C18H23N3O2S/c1-2-23-16-6-4-3-5-14(16)15-12-24-18(20-15)21-17(22)11-13-7-9-19-10-8-13/h3-6,12-13,19H,2,7-11H2,1H3,(H,20,21,22). The Morgan fingerprint density at radius 2 is 2.17 bits per heavy atom. The van der Waals surface area contributed by atoms with Crippen molar-refractivity contribution in [1.82, 2.24) is 10.3 Å². The molecule has 1 aromatic heterocycles. The van der Waals surface area contributed by atoms with E-state index in [0.717, 1.165) is 42.9 Å². The summed E-state index contributed by atoms with van der Waals surface area (Å²) in [7, 11) is 0. The highest BCUT2D eigenvalue weighted by Crippen LogP contribution is 2.32. The Hall–Kier alpha value is -1.92. The Kier molecular flexibility index (Phi) is 5.82. The van der Waals surface area contributed by atoms with Crippen LogP contribution in [0.5, 0.6) is 5.75 Å². The molecule has 24 heavy (non-hydrogen) atoms. The monoisotopic (exact) mass is 345 g/mol. The van der Waals surface area contributed by atoms with Crippen LogP contribution >= 0.6 is 11.3 Å². The van der Waals surface area contributed by atoms with Crippen LogP contribution in [0.15, 0.2) is 29.6 Å². The van der Waals surface area contributed by atoms with E-state index in [1.54, 1.807) is 0 Å². The smallest absolute Gasteiger partial charge is 0.226 e. The lowest BCUT2D eigenvalue weighted by Crippen LogP contribution is -2.30. The van der Waals surface area contributed by atoms with Crippen molar-refractivity contribution in [3.05, 3.63) is 29.6 Å². The molecule has 1 aliphatic heterocycles. The van der Waals surface area contributed by atoms with Gasteiger partial charge < -0.3 is 15.4 Å². The molecule has 0 atom stereocenters. The molecule has 0 radical (unpaired) electrons. The van der Waals surface area contributed by atoms with E-state index in [-0.39, 0.29) is 5.91 Å². The van der Waals surface area contributed by atoms with Crippen molar-refractivity contribution in [2.75, 3.05) is 25.0 Å². The van der Waals surface area contributed by atoms with Crippen LogP contribution in [0.1, 0.15) is 26.2 Å². The number of hydrogen-bond acceptors (Lipinski definition) is 5. The lowest BCUT2D eigenvalue weighted by molar-refractivity contribution is -0.117. The molecule has 1 aromatic carbocycles. The van der Waals surface area contributed by atoms with Gasteiger partial charge >= 0.3 is 0 Å². The molecule has 1 amide bonds. The first kappa shape index (κ1) is 16.9. The van der Waals surface area contributed by atoms with Gasteiger partial charge in [-0.3, -0.25) is 4.79 Å². The van der Waals surface area contributed by atoms with Crippen molar-refractivity contribution in [1.29, 1.82) is 0 Å². The Labute approximate surface area is 146 Å². The molecule has 2 aromatic rings. The fourth-order valence-electron chi connectivity index (χ4n) is 2.93. The number of anilines is 1. The maximum Gasteiger partial charge on any atom is 0.226 e. The summed E-state index contributed by atoms with van der Waals surface area (Å²) in [5, 5.41) is 8.86. The third kappa shape index (κ3) is 4.33. The zero-order valence-corrected chi connectivity index (χ0v) is 14.7. The van der Waals surface area contributed by atoms with Gasteiger partial charge in [-0.05, 0) is 50.9 Å². The van der Waals surface area contributed by atoms with Gasteiger partial charge in [0.15, 0.2) is 5.13 Å². The molecule has 2 heterocycles. The molecule has 128 valence electrons. The topological polar surface area (TPSA) is 63.2 Å². The maximum absolute atomic E-state index is 12.2. The lowest BCUT2D eigenvalue weighted by atomic mass is 9.94. The number of hydrogen-bond donors (Lipinski definition) is 2. The largest absolute Gasteiger partial charge is 0.493 e. The van der Waals surface area contributed by atoms with Gasteiger partial charge in [0, 0.05) is 17.4 Å². The van der Waals surface area contributed by atoms with Gasteiger partial charge in [0.2, 0.25) is 5.91 Å². The molecule has 0 spiro atoms. The number of piperidine rings is 1. The Bertz CT molecular complexity index is 680. The predicted molar refractivity (Wildman–Crippen MR) is 97.6 cm³/mol. The summed E-state index contributed by atoms with van der Waals surface area (Å²) in [5.74, 6) is 1.35. The highest BCUT2D eigenvalue weighted by atomic mass is 32.1. The number of aromatic nitrogens is 1. The van der Waals surface area contributed by atoms with Crippen LogP contribution in [0.2, 0.25) is 0 Å².